The predicted molar refractivity (Wildman–Crippen MR) is 87.1 cm³/mol. The summed E-state index contributed by atoms with van der Waals surface area (Å²) < 4.78 is 0. The van der Waals surface area contributed by atoms with Crippen LogP contribution in [0, 0.1) is 0 Å². The van der Waals surface area contributed by atoms with Crippen molar-refractivity contribution in [3.63, 3.8) is 0 Å². The van der Waals surface area contributed by atoms with Crippen molar-refractivity contribution in [3.05, 3.63) is 35.9 Å². The molecule has 0 aliphatic heterocycles. The van der Waals surface area contributed by atoms with E-state index in [1.165, 1.54) is 10.9 Å². The number of pyridine rings is 1. The minimum Gasteiger partial charge on any atom is -0.365 e. The Kier molecular flexibility index (Phi) is 4.29. The summed E-state index contributed by atoms with van der Waals surface area (Å²) in [4.78, 5) is 4.71. The van der Waals surface area contributed by atoms with Crippen molar-refractivity contribution < 1.29 is 0 Å². The van der Waals surface area contributed by atoms with E-state index in [2.05, 4.69) is 69.5 Å². The van der Waals surface area contributed by atoms with Crippen LogP contribution in [0.2, 0.25) is 0 Å². The second kappa shape index (κ2) is 5.80. The molecule has 1 aromatic carbocycles. The van der Waals surface area contributed by atoms with Gasteiger partial charge in [-0.2, -0.15) is 0 Å². The molecule has 0 saturated carbocycles. The average molecular weight is 271 g/mol. The highest BCUT2D eigenvalue weighted by atomic mass is 15.0. The van der Waals surface area contributed by atoms with E-state index in [0.29, 0.717) is 6.04 Å². The van der Waals surface area contributed by atoms with Crippen molar-refractivity contribution in [3.8, 4) is 0 Å². The summed E-state index contributed by atoms with van der Waals surface area (Å²) in [6.07, 6.45) is 0. The van der Waals surface area contributed by atoms with Gasteiger partial charge in [-0.3, -0.25) is 0 Å². The van der Waals surface area contributed by atoms with Gasteiger partial charge >= 0.3 is 0 Å². The van der Waals surface area contributed by atoms with Crippen LogP contribution in [0.4, 0.5) is 5.82 Å². The molecule has 0 aliphatic rings. The summed E-state index contributed by atoms with van der Waals surface area (Å²) in [6, 6.07) is 10.9. The Balaban J connectivity index is 2.41. The molecule has 0 spiro atoms. The highest BCUT2D eigenvalue weighted by Crippen LogP contribution is 2.22. The molecule has 0 atom stereocenters. The van der Waals surface area contributed by atoms with Gasteiger partial charge < -0.3 is 10.6 Å². The van der Waals surface area contributed by atoms with Crippen LogP contribution in [0.1, 0.15) is 40.2 Å². The Bertz CT molecular complexity index is 582. The Labute approximate surface area is 121 Å². The largest absolute Gasteiger partial charge is 0.365 e. The quantitative estimate of drug-likeness (QED) is 0.884. The van der Waals surface area contributed by atoms with Crippen molar-refractivity contribution in [2.45, 2.75) is 52.7 Å². The van der Waals surface area contributed by atoms with Crippen molar-refractivity contribution >= 4 is 16.7 Å². The molecule has 20 heavy (non-hydrogen) atoms. The third-order valence-corrected chi connectivity index (χ3v) is 3.01. The highest BCUT2D eigenvalue weighted by molar-refractivity contribution is 5.84. The first kappa shape index (κ1) is 14.8. The van der Waals surface area contributed by atoms with Crippen LogP contribution in [0.25, 0.3) is 10.9 Å². The number of anilines is 1. The third-order valence-electron chi connectivity index (χ3n) is 3.01. The van der Waals surface area contributed by atoms with Crippen molar-refractivity contribution in [1.29, 1.82) is 0 Å². The Morgan fingerprint density at radius 3 is 2.50 bits per heavy atom. The van der Waals surface area contributed by atoms with E-state index in [1.54, 1.807) is 0 Å². The Morgan fingerprint density at radius 2 is 1.85 bits per heavy atom. The molecule has 0 fully saturated rings. The number of hydrogen-bond acceptors (Lipinski definition) is 3. The van der Waals surface area contributed by atoms with Gasteiger partial charge in [0.2, 0.25) is 0 Å². The summed E-state index contributed by atoms with van der Waals surface area (Å²) in [5, 5.41) is 8.17. The fraction of sp³-hybridized carbons (Fsp3) is 0.471. The molecule has 0 aliphatic carbocycles. The fourth-order valence-corrected chi connectivity index (χ4v) is 2.16. The lowest BCUT2D eigenvalue weighted by molar-refractivity contribution is 0.590. The second-order valence-corrected chi connectivity index (χ2v) is 6.59. The first-order valence-corrected chi connectivity index (χ1v) is 7.25. The highest BCUT2D eigenvalue weighted by Gasteiger charge is 2.12. The second-order valence-electron chi connectivity index (χ2n) is 6.59. The van der Waals surface area contributed by atoms with Gasteiger partial charge in [0, 0.05) is 23.5 Å². The summed E-state index contributed by atoms with van der Waals surface area (Å²) in [6.45, 7) is 11.6. The molecule has 1 aromatic heterocycles. The van der Waals surface area contributed by atoms with E-state index >= 15 is 0 Å². The lowest BCUT2D eigenvalue weighted by Gasteiger charge is -2.22. The Morgan fingerprint density at radius 1 is 1.15 bits per heavy atom. The number of fused-ring (bicyclic) bond motifs is 1. The van der Waals surface area contributed by atoms with Crippen LogP contribution in [-0.4, -0.2) is 16.6 Å². The van der Waals surface area contributed by atoms with E-state index in [0.717, 1.165) is 17.9 Å². The number of nitrogens with one attached hydrogen (secondary N) is 2. The van der Waals surface area contributed by atoms with Gasteiger partial charge in [-0.15, -0.1) is 0 Å². The van der Waals surface area contributed by atoms with Gasteiger partial charge in [0.1, 0.15) is 5.82 Å². The molecule has 0 radical (unpaired) electrons. The minimum absolute atomic E-state index is 0.0121. The number of benzene rings is 1. The predicted octanol–water partition coefficient (Wildman–Crippen LogP) is 3.94. The zero-order valence-electron chi connectivity index (χ0n) is 13.1. The van der Waals surface area contributed by atoms with Gasteiger partial charge in [0.05, 0.1) is 5.52 Å². The summed E-state index contributed by atoms with van der Waals surface area (Å²) in [5.41, 5.74) is 2.34. The molecule has 0 bridgehead atoms. The van der Waals surface area contributed by atoms with Crippen LogP contribution < -0.4 is 10.6 Å². The van der Waals surface area contributed by atoms with E-state index in [-0.39, 0.29) is 5.54 Å². The lowest BCUT2D eigenvalue weighted by atomic mass is 10.1. The van der Waals surface area contributed by atoms with Crippen molar-refractivity contribution in [1.82, 2.24) is 10.3 Å². The molecular formula is C17H25N3. The normalized spacial score (nSPS) is 12.1. The van der Waals surface area contributed by atoms with E-state index in [4.69, 9.17) is 4.98 Å². The maximum Gasteiger partial charge on any atom is 0.127 e. The number of nitrogens with zero attached hydrogens (tertiary/aromatic N) is 1. The van der Waals surface area contributed by atoms with Crippen LogP contribution in [-0.2, 0) is 6.54 Å². The van der Waals surface area contributed by atoms with Crippen LogP contribution in [0.3, 0.4) is 0 Å². The first-order valence-electron chi connectivity index (χ1n) is 7.25. The lowest BCUT2D eigenvalue weighted by Crippen LogP contribution is -2.27. The maximum atomic E-state index is 4.71. The summed E-state index contributed by atoms with van der Waals surface area (Å²) in [5.74, 6) is 0.941. The van der Waals surface area contributed by atoms with Gasteiger partial charge in [-0.1, -0.05) is 32.0 Å². The number of aromatic nitrogens is 1. The molecule has 2 rings (SSSR count). The smallest absolute Gasteiger partial charge is 0.127 e. The molecule has 0 amide bonds. The number of para-hydroxylation sites is 1. The van der Waals surface area contributed by atoms with Crippen LogP contribution in [0.5, 0.6) is 0 Å². The molecule has 1 heterocycles. The van der Waals surface area contributed by atoms with Crippen molar-refractivity contribution in [2.75, 3.05) is 5.32 Å². The standard InChI is InChI=1S/C17H25N3/c1-12(2)18-11-13-10-16(20-17(3,4)5)19-15-9-7-6-8-14(13)15/h6-10,12,18H,11H2,1-5H3,(H,19,20). The molecule has 0 saturated heterocycles. The summed E-state index contributed by atoms with van der Waals surface area (Å²) in [7, 11) is 0. The number of rotatable bonds is 4. The van der Waals surface area contributed by atoms with Gasteiger partial charge in [0.25, 0.3) is 0 Å². The van der Waals surface area contributed by atoms with Crippen LogP contribution in [0.15, 0.2) is 30.3 Å². The third kappa shape index (κ3) is 3.94. The van der Waals surface area contributed by atoms with E-state index < -0.39 is 0 Å². The molecule has 3 nitrogen and oxygen atoms in total. The Hall–Kier alpha value is -1.61. The zero-order chi connectivity index (χ0) is 14.8. The molecular weight excluding hydrogens is 246 g/mol. The number of hydrogen-bond donors (Lipinski definition) is 2. The van der Waals surface area contributed by atoms with Gasteiger partial charge in [-0.05, 0) is 38.5 Å². The monoisotopic (exact) mass is 271 g/mol. The fourth-order valence-electron chi connectivity index (χ4n) is 2.16. The molecule has 2 aromatic rings. The molecule has 3 heteroatoms. The van der Waals surface area contributed by atoms with Crippen molar-refractivity contribution in [2.24, 2.45) is 0 Å². The van der Waals surface area contributed by atoms with Crippen LogP contribution >= 0.6 is 0 Å². The first-order chi connectivity index (χ1) is 9.35. The minimum atomic E-state index is 0.0121. The topological polar surface area (TPSA) is 37.0 Å². The molecule has 108 valence electrons. The SMILES string of the molecule is CC(C)NCc1cc(NC(C)(C)C)nc2ccccc12. The molecule has 2 N–H and O–H groups in total. The zero-order valence-corrected chi connectivity index (χ0v) is 13.1. The van der Waals surface area contributed by atoms with E-state index in [9.17, 15) is 0 Å². The summed E-state index contributed by atoms with van der Waals surface area (Å²) >= 11 is 0. The molecule has 0 unspecified atom stereocenters. The average Bonchev–Trinajstić information content (AvgIpc) is 2.33. The van der Waals surface area contributed by atoms with E-state index in [1.807, 2.05) is 6.07 Å². The van der Waals surface area contributed by atoms with Gasteiger partial charge in [0.15, 0.2) is 0 Å². The van der Waals surface area contributed by atoms with Gasteiger partial charge in [-0.25, -0.2) is 4.98 Å². The maximum absolute atomic E-state index is 4.71.